The standard InChI is InChI=1S/C18H11F4N3O3/c19-12-6-2-4-8-14(12)25-16(27)10(15(26)24-17(25)28)9-23-13-7-3-1-5-11(13)18(20,21)22/h1-10H,(H,24,26,28)/t10-/m1/s1. The van der Waals surface area contributed by atoms with Crippen molar-refractivity contribution in [3.05, 3.63) is 59.9 Å². The van der Waals surface area contributed by atoms with Crippen molar-refractivity contribution in [2.75, 3.05) is 4.90 Å². The molecule has 1 heterocycles. The van der Waals surface area contributed by atoms with Gasteiger partial charge in [0.15, 0.2) is 5.92 Å². The summed E-state index contributed by atoms with van der Waals surface area (Å²) >= 11 is 0. The molecule has 0 radical (unpaired) electrons. The molecule has 3 rings (SSSR count). The number of imide groups is 2. The van der Waals surface area contributed by atoms with Gasteiger partial charge in [-0.25, -0.2) is 14.1 Å². The Morgan fingerprint density at radius 2 is 1.64 bits per heavy atom. The number of hydrogen-bond acceptors (Lipinski definition) is 4. The van der Waals surface area contributed by atoms with Crippen LogP contribution in [0.4, 0.5) is 33.7 Å². The summed E-state index contributed by atoms with van der Waals surface area (Å²) in [5.74, 6) is -4.81. The predicted octanol–water partition coefficient (Wildman–Crippen LogP) is 3.45. The van der Waals surface area contributed by atoms with Crippen LogP contribution in [-0.4, -0.2) is 24.1 Å². The molecule has 6 nitrogen and oxygen atoms in total. The lowest BCUT2D eigenvalue weighted by Gasteiger charge is -2.28. The van der Waals surface area contributed by atoms with E-state index in [1.54, 1.807) is 0 Å². The van der Waals surface area contributed by atoms with Crippen LogP contribution in [0, 0.1) is 11.7 Å². The molecule has 0 spiro atoms. The quantitative estimate of drug-likeness (QED) is 0.493. The summed E-state index contributed by atoms with van der Waals surface area (Å²) in [5.41, 5.74) is -1.96. The summed E-state index contributed by atoms with van der Waals surface area (Å²) in [6.07, 6.45) is -4.00. The third-order valence-corrected chi connectivity index (χ3v) is 3.87. The van der Waals surface area contributed by atoms with E-state index in [9.17, 15) is 31.9 Å². The second kappa shape index (κ2) is 7.22. The number of amides is 4. The van der Waals surface area contributed by atoms with Gasteiger partial charge in [0.1, 0.15) is 5.82 Å². The molecule has 1 N–H and O–H groups in total. The smallest absolute Gasteiger partial charge is 0.276 e. The van der Waals surface area contributed by atoms with Crippen LogP contribution in [0.2, 0.25) is 0 Å². The fraction of sp³-hybridized carbons (Fsp3) is 0.111. The van der Waals surface area contributed by atoms with Gasteiger partial charge in [-0.3, -0.25) is 19.9 Å². The largest absolute Gasteiger partial charge is 0.418 e. The molecule has 144 valence electrons. The van der Waals surface area contributed by atoms with Gasteiger partial charge in [0.25, 0.3) is 5.91 Å². The first kappa shape index (κ1) is 19.2. The Morgan fingerprint density at radius 1 is 1.00 bits per heavy atom. The topological polar surface area (TPSA) is 78.8 Å². The van der Waals surface area contributed by atoms with Crippen molar-refractivity contribution in [3.63, 3.8) is 0 Å². The first-order chi connectivity index (χ1) is 13.2. The van der Waals surface area contributed by atoms with Gasteiger partial charge in [0.05, 0.1) is 16.9 Å². The molecule has 0 aliphatic carbocycles. The number of halogens is 4. The van der Waals surface area contributed by atoms with Crippen molar-refractivity contribution < 1.29 is 31.9 Å². The Balaban J connectivity index is 1.96. The first-order valence-corrected chi connectivity index (χ1v) is 7.84. The van der Waals surface area contributed by atoms with Crippen LogP contribution in [-0.2, 0) is 15.8 Å². The molecule has 2 aromatic carbocycles. The molecule has 28 heavy (non-hydrogen) atoms. The lowest BCUT2D eigenvalue weighted by atomic mass is 10.1. The van der Waals surface area contributed by atoms with E-state index >= 15 is 0 Å². The van der Waals surface area contributed by atoms with Crippen molar-refractivity contribution in [2.24, 2.45) is 10.9 Å². The molecular weight excluding hydrogens is 382 g/mol. The fourth-order valence-corrected chi connectivity index (χ4v) is 2.56. The van der Waals surface area contributed by atoms with Gasteiger partial charge in [-0.1, -0.05) is 24.3 Å². The number of benzene rings is 2. The minimum Gasteiger partial charge on any atom is -0.276 e. The normalized spacial score (nSPS) is 17.9. The third-order valence-electron chi connectivity index (χ3n) is 3.87. The summed E-state index contributed by atoms with van der Waals surface area (Å²) < 4.78 is 53.1. The molecule has 1 fully saturated rings. The maximum Gasteiger partial charge on any atom is 0.418 e. The molecule has 10 heteroatoms. The van der Waals surface area contributed by atoms with E-state index in [-0.39, 0.29) is 0 Å². The van der Waals surface area contributed by atoms with E-state index in [2.05, 4.69) is 4.99 Å². The van der Waals surface area contributed by atoms with Crippen LogP contribution in [0.1, 0.15) is 5.56 Å². The maximum absolute atomic E-state index is 14.0. The Labute approximate surface area is 155 Å². The van der Waals surface area contributed by atoms with Crippen molar-refractivity contribution in [1.29, 1.82) is 0 Å². The number of carbonyl (C=O) groups excluding carboxylic acids is 3. The van der Waals surface area contributed by atoms with Gasteiger partial charge in [0.2, 0.25) is 5.91 Å². The molecule has 1 aliphatic rings. The molecular formula is C18H11F4N3O3. The van der Waals surface area contributed by atoms with E-state index in [0.29, 0.717) is 11.1 Å². The first-order valence-electron chi connectivity index (χ1n) is 7.84. The van der Waals surface area contributed by atoms with Crippen molar-refractivity contribution in [1.82, 2.24) is 5.32 Å². The number of rotatable bonds is 3. The van der Waals surface area contributed by atoms with E-state index < -0.39 is 52.7 Å². The lowest BCUT2D eigenvalue weighted by molar-refractivity contribution is -0.137. The Bertz CT molecular complexity index is 988. The molecule has 0 aromatic heterocycles. The number of anilines is 1. The maximum atomic E-state index is 14.0. The number of aliphatic imine (C=N–C) groups is 1. The molecule has 0 saturated carbocycles. The fourth-order valence-electron chi connectivity index (χ4n) is 2.56. The number of nitrogens with one attached hydrogen (secondary N) is 1. The zero-order chi connectivity index (χ0) is 20.5. The van der Waals surface area contributed by atoms with Crippen LogP contribution >= 0.6 is 0 Å². The minimum absolute atomic E-state index is 0.397. The highest BCUT2D eigenvalue weighted by Crippen LogP contribution is 2.36. The number of nitrogens with zero attached hydrogens (tertiary/aromatic N) is 2. The van der Waals surface area contributed by atoms with E-state index in [0.717, 1.165) is 24.3 Å². The Morgan fingerprint density at radius 3 is 2.32 bits per heavy atom. The lowest BCUT2D eigenvalue weighted by Crippen LogP contribution is -2.58. The highest BCUT2D eigenvalue weighted by atomic mass is 19.4. The van der Waals surface area contributed by atoms with Crippen LogP contribution in [0.15, 0.2) is 53.5 Å². The van der Waals surface area contributed by atoms with Gasteiger partial charge in [-0.15, -0.1) is 0 Å². The second-order valence-corrected chi connectivity index (χ2v) is 5.69. The van der Waals surface area contributed by atoms with E-state index in [4.69, 9.17) is 0 Å². The van der Waals surface area contributed by atoms with Gasteiger partial charge in [-0.2, -0.15) is 13.2 Å². The zero-order valence-electron chi connectivity index (χ0n) is 13.9. The van der Waals surface area contributed by atoms with Gasteiger partial charge < -0.3 is 0 Å². The average molecular weight is 393 g/mol. The summed E-state index contributed by atoms with van der Waals surface area (Å²) in [5, 5.41) is 1.86. The van der Waals surface area contributed by atoms with Gasteiger partial charge in [0, 0.05) is 6.21 Å². The molecule has 1 saturated heterocycles. The highest BCUT2D eigenvalue weighted by molar-refractivity contribution is 6.32. The average Bonchev–Trinajstić information content (AvgIpc) is 2.62. The number of urea groups is 1. The van der Waals surface area contributed by atoms with Crippen LogP contribution in [0.25, 0.3) is 0 Å². The Hall–Kier alpha value is -3.56. The number of barbiturate groups is 1. The number of para-hydroxylation sites is 2. The summed E-state index contributed by atoms with van der Waals surface area (Å²) in [6.45, 7) is 0. The molecule has 4 amide bonds. The van der Waals surface area contributed by atoms with Crippen LogP contribution < -0.4 is 10.2 Å². The van der Waals surface area contributed by atoms with Crippen molar-refractivity contribution >= 4 is 35.4 Å². The highest BCUT2D eigenvalue weighted by Gasteiger charge is 2.41. The summed E-state index contributed by atoms with van der Waals surface area (Å²) in [6, 6.07) is 8.03. The predicted molar refractivity (Wildman–Crippen MR) is 90.5 cm³/mol. The second-order valence-electron chi connectivity index (χ2n) is 5.69. The number of hydrogen-bond donors (Lipinski definition) is 1. The van der Waals surface area contributed by atoms with Crippen LogP contribution in [0.3, 0.4) is 0 Å². The van der Waals surface area contributed by atoms with Gasteiger partial charge >= 0.3 is 12.2 Å². The van der Waals surface area contributed by atoms with Crippen LogP contribution in [0.5, 0.6) is 0 Å². The SMILES string of the molecule is O=C1NC(=O)N(c2ccccc2F)C(=O)[C@@H]1C=Nc1ccccc1C(F)(F)F. The molecule has 1 atom stereocenters. The van der Waals surface area contributed by atoms with E-state index in [1.165, 1.54) is 24.3 Å². The van der Waals surface area contributed by atoms with Crippen molar-refractivity contribution in [3.8, 4) is 0 Å². The van der Waals surface area contributed by atoms with E-state index in [1.807, 2.05) is 5.32 Å². The number of carbonyl (C=O) groups is 3. The molecule has 1 aliphatic heterocycles. The van der Waals surface area contributed by atoms with Crippen molar-refractivity contribution in [2.45, 2.75) is 6.18 Å². The Kier molecular flexibility index (Phi) is 4.95. The molecule has 2 aromatic rings. The molecule has 0 unspecified atom stereocenters. The molecule has 0 bridgehead atoms. The third kappa shape index (κ3) is 3.61. The summed E-state index contributed by atoms with van der Waals surface area (Å²) in [4.78, 5) is 40.6. The summed E-state index contributed by atoms with van der Waals surface area (Å²) in [7, 11) is 0. The number of alkyl halides is 3. The van der Waals surface area contributed by atoms with Gasteiger partial charge in [-0.05, 0) is 24.3 Å². The monoisotopic (exact) mass is 393 g/mol. The zero-order valence-corrected chi connectivity index (χ0v) is 13.9. The minimum atomic E-state index is -4.69.